The summed E-state index contributed by atoms with van der Waals surface area (Å²) < 4.78 is 19.5. The van der Waals surface area contributed by atoms with Crippen LogP contribution in [0.3, 0.4) is 0 Å². The molecule has 4 rings (SSSR count). The first-order valence-corrected chi connectivity index (χ1v) is 10.9. The minimum absolute atomic E-state index is 0.186. The second-order valence-corrected chi connectivity index (χ2v) is 8.48. The van der Waals surface area contributed by atoms with Gasteiger partial charge in [-0.1, -0.05) is 23.7 Å². The predicted octanol–water partition coefficient (Wildman–Crippen LogP) is 3.53. The summed E-state index contributed by atoms with van der Waals surface area (Å²) in [6.07, 6.45) is 1.74. The van der Waals surface area contributed by atoms with Crippen molar-refractivity contribution < 1.29 is 9.13 Å². The lowest BCUT2D eigenvalue weighted by atomic mass is 9.99. The molecule has 1 aromatic carbocycles. The molecule has 2 N–H and O–H groups in total. The first-order valence-electron chi connectivity index (χ1n) is 10.5. The number of hydrogen-bond donors (Lipinski definition) is 2. The largest absolute Gasteiger partial charge is 0.478 e. The number of aryl methyl sites for hydroxylation is 1. The number of halogens is 2. The third kappa shape index (κ3) is 4.89. The molecule has 0 saturated carbocycles. The SMILES string of the molecule is Cc1cc(C2(Cl)CNCCN2CCCCOc2ccc3ccc(=O)[nH]c3n2)ccc1F. The van der Waals surface area contributed by atoms with Crippen molar-refractivity contribution in [3.63, 3.8) is 0 Å². The number of unbranched alkanes of at least 4 members (excludes halogenated alkanes) is 1. The van der Waals surface area contributed by atoms with Crippen molar-refractivity contribution >= 4 is 22.6 Å². The fourth-order valence-electron chi connectivity index (χ4n) is 3.89. The molecule has 0 amide bonds. The summed E-state index contributed by atoms with van der Waals surface area (Å²) in [7, 11) is 0. The van der Waals surface area contributed by atoms with Crippen molar-refractivity contribution in [2.24, 2.45) is 0 Å². The van der Waals surface area contributed by atoms with Gasteiger partial charge in [-0.3, -0.25) is 9.69 Å². The van der Waals surface area contributed by atoms with Crippen LogP contribution in [0.5, 0.6) is 5.88 Å². The Morgan fingerprint density at radius 3 is 2.90 bits per heavy atom. The van der Waals surface area contributed by atoms with Crippen LogP contribution in [0.1, 0.15) is 24.0 Å². The van der Waals surface area contributed by atoms with Gasteiger partial charge in [-0.25, -0.2) is 4.39 Å². The first kappa shape index (κ1) is 21.7. The van der Waals surface area contributed by atoms with Crippen molar-refractivity contribution in [1.29, 1.82) is 0 Å². The van der Waals surface area contributed by atoms with Crippen LogP contribution in [0, 0.1) is 12.7 Å². The summed E-state index contributed by atoms with van der Waals surface area (Å²) in [5, 5.41) is 4.22. The molecule has 0 bridgehead atoms. The highest BCUT2D eigenvalue weighted by atomic mass is 35.5. The molecule has 0 aliphatic carbocycles. The minimum atomic E-state index is -0.691. The Morgan fingerprint density at radius 2 is 2.06 bits per heavy atom. The highest BCUT2D eigenvalue weighted by Gasteiger charge is 2.38. The van der Waals surface area contributed by atoms with Gasteiger partial charge in [0.2, 0.25) is 11.4 Å². The van der Waals surface area contributed by atoms with Gasteiger partial charge in [-0.05, 0) is 49.1 Å². The summed E-state index contributed by atoms with van der Waals surface area (Å²) in [5.74, 6) is 0.271. The molecule has 6 nitrogen and oxygen atoms in total. The van der Waals surface area contributed by atoms with E-state index in [2.05, 4.69) is 20.2 Å². The van der Waals surface area contributed by atoms with E-state index >= 15 is 0 Å². The predicted molar refractivity (Wildman–Crippen MR) is 120 cm³/mol. The van der Waals surface area contributed by atoms with E-state index in [4.69, 9.17) is 16.3 Å². The average molecular weight is 445 g/mol. The zero-order valence-electron chi connectivity index (χ0n) is 17.5. The van der Waals surface area contributed by atoms with Gasteiger partial charge in [-0.2, -0.15) is 4.98 Å². The molecule has 0 spiro atoms. The zero-order chi connectivity index (χ0) is 21.8. The number of hydrogen-bond acceptors (Lipinski definition) is 5. The maximum Gasteiger partial charge on any atom is 0.249 e. The van der Waals surface area contributed by atoms with E-state index in [0.717, 1.165) is 43.4 Å². The van der Waals surface area contributed by atoms with Crippen molar-refractivity contribution in [3.8, 4) is 5.88 Å². The van der Waals surface area contributed by atoms with Gasteiger partial charge in [0.25, 0.3) is 0 Å². The first-order chi connectivity index (χ1) is 15.0. The van der Waals surface area contributed by atoms with E-state index in [0.29, 0.717) is 30.2 Å². The monoisotopic (exact) mass is 444 g/mol. The normalized spacial score (nSPS) is 19.6. The number of H-pyrrole nitrogens is 1. The molecule has 164 valence electrons. The zero-order valence-corrected chi connectivity index (χ0v) is 18.2. The number of pyridine rings is 2. The summed E-state index contributed by atoms with van der Waals surface area (Å²) in [6.45, 7) is 5.38. The minimum Gasteiger partial charge on any atom is -0.478 e. The number of ether oxygens (including phenoxy) is 1. The lowest BCUT2D eigenvalue weighted by Crippen LogP contribution is -2.56. The Bertz CT molecular complexity index is 1120. The fourth-order valence-corrected chi connectivity index (χ4v) is 4.27. The van der Waals surface area contributed by atoms with Gasteiger partial charge in [0, 0.05) is 43.7 Å². The Kier molecular flexibility index (Phi) is 6.55. The van der Waals surface area contributed by atoms with Gasteiger partial charge in [0.1, 0.15) is 16.5 Å². The van der Waals surface area contributed by atoms with E-state index < -0.39 is 5.00 Å². The Balaban J connectivity index is 1.33. The molecule has 1 saturated heterocycles. The van der Waals surface area contributed by atoms with Crippen LogP contribution in [-0.2, 0) is 5.00 Å². The van der Waals surface area contributed by atoms with Crippen LogP contribution in [-0.4, -0.2) is 47.7 Å². The molecule has 3 aromatic rings. The second kappa shape index (κ2) is 9.34. The van der Waals surface area contributed by atoms with E-state index in [1.165, 1.54) is 12.1 Å². The van der Waals surface area contributed by atoms with E-state index in [1.807, 2.05) is 12.1 Å². The van der Waals surface area contributed by atoms with Crippen molar-refractivity contribution in [3.05, 3.63) is 69.8 Å². The van der Waals surface area contributed by atoms with Crippen LogP contribution in [0.15, 0.2) is 47.3 Å². The molecular formula is C23H26ClFN4O2. The second-order valence-electron chi connectivity index (χ2n) is 7.85. The number of alkyl halides is 1. The van der Waals surface area contributed by atoms with Crippen LogP contribution in [0.4, 0.5) is 4.39 Å². The standard InChI is InChI=1S/C23H26ClFN4O2/c1-16-14-18(6-7-19(16)25)23(24)15-26-10-12-29(23)11-2-3-13-31-21-9-5-17-4-8-20(30)27-22(17)28-21/h4-9,14,26H,2-3,10-13,15H2,1H3,(H,27,28,30). The van der Waals surface area contributed by atoms with Gasteiger partial charge < -0.3 is 15.0 Å². The number of fused-ring (bicyclic) bond motifs is 1. The highest BCUT2D eigenvalue weighted by molar-refractivity contribution is 6.24. The van der Waals surface area contributed by atoms with Crippen molar-refractivity contribution in [2.75, 3.05) is 32.8 Å². The van der Waals surface area contributed by atoms with Crippen LogP contribution < -0.4 is 15.6 Å². The van der Waals surface area contributed by atoms with Crippen LogP contribution in [0.25, 0.3) is 11.0 Å². The number of aromatic amines is 1. The molecule has 1 atom stereocenters. The molecule has 0 radical (unpaired) electrons. The topological polar surface area (TPSA) is 70.2 Å². The lowest BCUT2D eigenvalue weighted by Gasteiger charge is -2.43. The molecule has 1 fully saturated rings. The third-order valence-corrected chi connectivity index (χ3v) is 6.24. The van der Waals surface area contributed by atoms with Gasteiger partial charge in [-0.15, -0.1) is 0 Å². The smallest absolute Gasteiger partial charge is 0.249 e. The number of aromatic nitrogens is 2. The quantitative estimate of drug-likeness (QED) is 0.331. The number of benzene rings is 1. The fraction of sp³-hybridized carbons (Fsp3) is 0.391. The van der Waals surface area contributed by atoms with Crippen LogP contribution in [0.2, 0.25) is 0 Å². The number of rotatable bonds is 7. The average Bonchev–Trinajstić information content (AvgIpc) is 2.76. The Labute approximate surface area is 185 Å². The summed E-state index contributed by atoms with van der Waals surface area (Å²) in [5.41, 5.74) is 1.84. The highest BCUT2D eigenvalue weighted by Crippen LogP contribution is 2.35. The maximum absolute atomic E-state index is 13.7. The van der Waals surface area contributed by atoms with Gasteiger partial charge >= 0.3 is 0 Å². The number of nitrogens with one attached hydrogen (secondary N) is 2. The molecule has 1 unspecified atom stereocenters. The summed E-state index contributed by atoms with van der Waals surface area (Å²) in [4.78, 5) is 20.1. The van der Waals surface area contributed by atoms with Crippen molar-refractivity contribution in [1.82, 2.24) is 20.2 Å². The van der Waals surface area contributed by atoms with E-state index in [9.17, 15) is 9.18 Å². The molecular weight excluding hydrogens is 419 g/mol. The van der Waals surface area contributed by atoms with Crippen molar-refractivity contribution in [2.45, 2.75) is 24.8 Å². The maximum atomic E-state index is 13.7. The molecule has 1 aliphatic rings. The van der Waals surface area contributed by atoms with Gasteiger partial charge in [0.05, 0.1) is 6.61 Å². The molecule has 8 heteroatoms. The summed E-state index contributed by atoms with van der Waals surface area (Å²) >= 11 is 7.04. The van der Waals surface area contributed by atoms with E-state index in [1.54, 1.807) is 25.1 Å². The van der Waals surface area contributed by atoms with E-state index in [-0.39, 0.29) is 11.4 Å². The third-order valence-electron chi connectivity index (χ3n) is 5.65. The molecule has 1 aliphatic heterocycles. The lowest BCUT2D eigenvalue weighted by molar-refractivity contribution is 0.122. The Hall–Kier alpha value is -2.48. The molecule has 2 aromatic heterocycles. The number of nitrogens with zero attached hydrogens (tertiary/aromatic N) is 2. The van der Waals surface area contributed by atoms with Crippen LogP contribution >= 0.6 is 11.6 Å². The molecule has 31 heavy (non-hydrogen) atoms. The molecule has 3 heterocycles. The summed E-state index contributed by atoms with van der Waals surface area (Å²) in [6, 6.07) is 12.0. The number of piperazine rings is 1. The Morgan fingerprint density at radius 1 is 1.23 bits per heavy atom. The van der Waals surface area contributed by atoms with Gasteiger partial charge in [0.15, 0.2) is 0 Å².